The summed E-state index contributed by atoms with van der Waals surface area (Å²) in [5, 5.41) is 18.3. The van der Waals surface area contributed by atoms with Gasteiger partial charge < -0.3 is 16.3 Å². The van der Waals surface area contributed by atoms with E-state index in [1.165, 1.54) is 10.9 Å². The molecule has 4 N–H and O–H groups in total. The molecule has 1 aromatic heterocycles. The molecule has 104 valence electrons. The Balaban J connectivity index is 2.33. The summed E-state index contributed by atoms with van der Waals surface area (Å²) in [7, 11) is 1.72. The molecule has 0 radical (unpaired) electrons. The highest BCUT2D eigenvalue weighted by molar-refractivity contribution is 9.10. The highest BCUT2D eigenvalue weighted by Gasteiger charge is 2.13. The molecule has 1 heterocycles. The number of halogens is 1. The van der Waals surface area contributed by atoms with Gasteiger partial charge in [-0.25, -0.2) is 0 Å². The Bertz CT molecular complexity index is 680. The summed E-state index contributed by atoms with van der Waals surface area (Å²) in [6.45, 7) is 0. The summed E-state index contributed by atoms with van der Waals surface area (Å²) in [6.07, 6.45) is 3.05. The first-order valence-corrected chi connectivity index (χ1v) is 6.38. The number of aromatic nitrogens is 2. The van der Waals surface area contributed by atoms with Crippen molar-refractivity contribution in [1.29, 1.82) is 0 Å². The molecule has 0 atom stereocenters. The lowest BCUT2D eigenvalue weighted by atomic mass is 10.1. The summed E-state index contributed by atoms with van der Waals surface area (Å²) < 4.78 is 2.29. The van der Waals surface area contributed by atoms with Crippen LogP contribution >= 0.6 is 15.9 Å². The highest BCUT2D eigenvalue weighted by Crippen LogP contribution is 2.22. The van der Waals surface area contributed by atoms with Crippen molar-refractivity contribution in [2.45, 2.75) is 0 Å². The van der Waals surface area contributed by atoms with Gasteiger partial charge in [-0.15, -0.1) is 0 Å². The third kappa shape index (κ3) is 2.97. The van der Waals surface area contributed by atoms with Gasteiger partial charge in [0.15, 0.2) is 5.84 Å². The molecule has 0 saturated carbocycles. The number of nitrogens with zero attached hydrogens (tertiary/aromatic N) is 3. The predicted octanol–water partition coefficient (Wildman–Crippen LogP) is 1.53. The van der Waals surface area contributed by atoms with Gasteiger partial charge in [-0.1, -0.05) is 21.1 Å². The summed E-state index contributed by atoms with van der Waals surface area (Å²) in [5.41, 5.74) is 6.85. The number of hydrogen-bond donors (Lipinski definition) is 3. The standard InChI is InChI=1S/C12H12BrN5O2/c1-18-6-7(5-15-18)12(19)16-10-4-8(13)2-3-9(10)11(14)17-20/h2-6,20H,1H3,(H2,14,17)(H,16,19). The topological polar surface area (TPSA) is 106 Å². The first-order valence-electron chi connectivity index (χ1n) is 5.58. The quantitative estimate of drug-likeness (QED) is 0.341. The number of carbonyl (C=O) groups is 1. The Morgan fingerprint density at radius 2 is 2.30 bits per heavy atom. The van der Waals surface area contributed by atoms with Crippen LogP contribution in [0, 0.1) is 0 Å². The van der Waals surface area contributed by atoms with E-state index in [1.54, 1.807) is 31.4 Å². The van der Waals surface area contributed by atoms with E-state index in [1.807, 2.05) is 0 Å². The minimum Gasteiger partial charge on any atom is -0.409 e. The van der Waals surface area contributed by atoms with Crippen LogP contribution in [-0.2, 0) is 7.05 Å². The van der Waals surface area contributed by atoms with Crippen molar-refractivity contribution in [1.82, 2.24) is 9.78 Å². The molecule has 0 saturated heterocycles. The Morgan fingerprint density at radius 3 is 2.90 bits per heavy atom. The van der Waals surface area contributed by atoms with Crippen LogP contribution in [0.25, 0.3) is 0 Å². The second-order valence-electron chi connectivity index (χ2n) is 4.03. The van der Waals surface area contributed by atoms with Crippen molar-refractivity contribution >= 4 is 33.4 Å². The molecule has 0 aliphatic heterocycles. The molecule has 7 nitrogen and oxygen atoms in total. The summed E-state index contributed by atoms with van der Waals surface area (Å²) in [4.78, 5) is 12.1. The van der Waals surface area contributed by atoms with Gasteiger partial charge in [-0.3, -0.25) is 9.48 Å². The molecule has 0 aliphatic rings. The van der Waals surface area contributed by atoms with E-state index in [-0.39, 0.29) is 11.7 Å². The monoisotopic (exact) mass is 337 g/mol. The van der Waals surface area contributed by atoms with E-state index >= 15 is 0 Å². The lowest BCUT2D eigenvalue weighted by molar-refractivity contribution is 0.102. The number of carbonyl (C=O) groups excluding carboxylic acids is 1. The van der Waals surface area contributed by atoms with Crippen LogP contribution in [0.3, 0.4) is 0 Å². The SMILES string of the molecule is Cn1cc(C(=O)Nc2cc(Br)ccc2/C(N)=N/O)cn1. The molecule has 0 fully saturated rings. The van der Waals surface area contributed by atoms with Crippen LogP contribution in [-0.4, -0.2) is 26.7 Å². The predicted molar refractivity (Wildman–Crippen MR) is 77.8 cm³/mol. The second-order valence-corrected chi connectivity index (χ2v) is 4.95. The average molecular weight is 338 g/mol. The second kappa shape index (κ2) is 5.74. The van der Waals surface area contributed by atoms with Crippen molar-refractivity contribution in [3.05, 3.63) is 46.2 Å². The van der Waals surface area contributed by atoms with Crippen molar-refractivity contribution in [2.75, 3.05) is 5.32 Å². The van der Waals surface area contributed by atoms with E-state index in [2.05, 4.69) is 31.5 Å². The summed E-state index contributed by atoms with van der Waals surface area (Å²) in [5.74, 6) is -0.415. The van der Waals surface area contributed by atoms with Crippen LogP contribution in [0.2, 0.25) is 0 Å². The number of aryl methyl sites for hydroxylation is 1. The molecule has 20 heavy (non-hydrogen) atoms. The number of anilines is 1. The maximum absolute atomic E-state index is 12.1. The van der Waals surface area contributed by atoms with Gasteiger partial charge in [-0.2, -0.15) is 5.10 Å². The number of hydrogen-bond acceptors (Lipinski definition) is 4. The first-order chi connectivity index (χ1) is 9.51. The summed E-state index contributed by atoms with van der Waals surface area (Å²) >= 11 is 3.31. The van der Waals surface area contributed by atoms with Crippen molar-refractivity contribution < 1.29 is 10.0 Å². The van der Waals surface area contributed by atoms with E-state index in [0.29, 0.717) is 16.8 Å². The van der Waals surface area contributed by atoms with Crippen LogP contribution < -0.4 is 11.1 Å². The molecule has 2 aromatic rings. The minimum absolute atomic E-state index is 0.0843. The Morgan fingerprint density at radius 1 is 1.55 bits per heavy atom. The molecule has 0 unspecified atom stereocenters. The fourth-order valence-electron chi connectivity index (χ4n) is 1.63. The molecule has 0 aliphatic carbocycles. The van der Waals surface area contributed by atoms with Crippen molar-refractivity contribution in [2.24, 2.45) is 17.9 Å². The van der Waals surface area contributed by atoms with E-state index in [0.717, 1.165) is 4.47 Å². The normalized spacial score (nSPS) is 11.4. The lowest BCUT2D eigenvalue weighted by Crippen LogP contribution is -2.19. The van der Waals surface area contributed by atoms with Crippen LogP contribution in [0.15, 0.2) is 40.2 Å². The Labute approximate surface area is 123 Å². The fourth-order valence-corrected chi connectivity index (χ4v) is 1.99. The van der Waals surface area contributed by atoms with E-state index in [9.17, 15) is 4.79 Å². The molecule has 8 heteroatoms. The minimum atomic E-state index is -0.330. The maximum Gasteiger partial charge on any atom is 0.258 e. The van der Waals surface area contributed by atoms with Crippen LogP contribution in [0.1, 0.15) is 15.9 Å². The third-order valence-corrected chi connectivity index (χ3v) is 3.07. The van der Waals surface area contributed by atoms with Gasteiger partial charge in [0.05, 0.1) is 17.4 Å². The molecule has 2 rings (SSSR count). The smallest absolute Gasteiger partial charge is 0.258 e. The van der Waals surface area contributed by atoms with Gasteiger partial charge in [0.25, 0.3) is 5.91 Å². The Kier molecular flexibility index (Phi) is 4.04. The zero-order valence-corrected chi connectivity index (χ0v) is 12.1. The van der Waals surface area contributed by atoms with Crippen LogP contribution in [0.5, 0.6) is 0 Å². The maximum atomic E-state index is 12.1. The molecule has 0 spiro atoms. The Hall–Kier alpha value is -2.35. The number of nitrogens with two attached hydrogens (primary N) is 1. The molecular formula is C12H12BrN5O2. The third-order valence-electron chi connectivity index (χ3n) is 2.58. The zero-order valence-electron chi connectivity index (χ0n) is 10.5. The number of benzene rings is 1. The largest absolute Gasteiger partial charge is 0.409 e. The average Bonchev–Trinajstić information content (AvgIpc) is 2.85. The van der Waals surface area contributed by atoms with Crippen molar-refractivity contribution in [3.8, 4) is 0 Å². The molecular weight excluding hydrogens is 326 g/mol. The van der Waals surface area contributed by atoms with E-state index in [4.69, 9.17) is 10.9 Å². The number of amidine groups is 1. The lowest BCUT2D eigenvalue weighted by Gasteiger charge is -2.10. The fraction of sp³-hybridized carbons (Fsp3) is 0.0833. The van der Waals surface area contributed by atoms with Gasteiger partial charge in [0.1, 0.15) is 0 Å². The van der Waals surface area contributed by atoms with Crippen LogP contribution in [0.4, 0.5) is 5.69 Å². The van der Waals surface area contributed by atoms with Gasteiger partial charge in [0, 0.05) is 23.3 Å². The van der Waals surface area contributed by atoms with Crippen molar-refractivity contribution in [3.63, 3.8) is 0 Å². The van der Waals surface area contributed by atoms with E-state index < -0.39 is 0 Å². The zero-order chi connectivity index (χ0) is 14.7. The number of amides is 1. The molecule has 0 bridgehead atoms. The number of oxime groups is 1. The highest BCUT2D eigenvalue weighted by atomic mass is 79.9. The van der Waals surface area contributed by atoms with Gasteiger partial charge in [-0.05, 0) is 18.2 Å². The molecule has 1 amide bonds. The van der Waals surface area contributed by atoms with Gasteiger partial charge >= 0.3 is 0 Å². The first kappa shape index (κ1) is 14.1. The number of rotatable bonds is 3. The summed E-state index contributed by atoms with van der Waals surface area (Å²) in [6, 6.07) is 5.03. The number of nitrogens with one attached hydrogen (secondary N) is 1. The van der Waals surface area contributed by atoms with Gasteiger partial charge in [0.2, 0.25) is 0 Å². The molecule has 1 aromatic carbocycles.